The topological polar surface area (TPSA) is 27.7 Å². The molecule has 0 heterocycles. The molecule has 0 saturated heterocycles. The largest absolute Gasteiger partial charge is 0.355 e. The molecule has 0 aromatic rings. The van der Waals surface area contributed by atoms with Gasteiger partial charge in [-0.05, 0) is 25.7 Å². The van der Waals surface area contributed by atoms with Gasteiger partial charge >= 0.3 is 0 Å². The summed E-state index contributed by atoms with van der Waals surface area (Å²) in [6.07, 6.45) is 12.5. The van der Waals surface area contributed by atoms with Gasteiger partial charge in [0.15, 0.2) is 0 Å². The molecule has 0 atom stereocenters. The molecule has 0 aromatic heterocycles. The van der Waals surface area contributed by atoms with E-state index in [2.05, 4.69) is 56.2 Å². The second-order valence-electron chi connectivity index (χ2n) is 3.73. The molecular formula is C14H24Br2O3. The van der Waals surface area contributed by atoms with Gasteiger partial charge in [-0.3, -0.25) is 0 Å². The first-order valence-corrected chi connectivity index (χ1v) is 8.81. The van der Waals surface area contributed by atoms with Crippen LogP contribution in [0.2, 0.25) is 0 Å². The van der Waals surface area contributed by atoms with E-state index in [1.54, 1.807) is 0 Å². The zero-order chi connectivity index (χ0) is 14.0. The maximum absolute atomic E-state index is 5.29. The zero-order valence-corrected chi connectivity index (χ0v) is 14.5. The van der Waals surface area contributed by atoms with Crippen LogP contribution in [0.4, 0.5) is 0 Å². The summed E-state index contributed by atoms with van der Waals surface area (Å²) in [7, 11) is 0. The van der Waals surface area contributed by atoms with Gasteiger partial charge in [0.25, 0.3) is 0 Å². The van der Waals surface area contributed by atoms with Crippen LogP contribution in [0, 0.1) is 0 Å². The summed E-state index contributed by atoms with van der Waals surface area (Å²) in [5.41, 5.74) is 0. The first kappa shape index (κ1) is 19.3. The highest BCUT2D eigenvalue weighted by Crippen LogP contribution is 1.94. The number of allylic oxidation sites excluding steroid dienone is 2. The summed E-state index contributed by atoms with van der Waals surface area (Å²) >= 11 is 6.74. The van der Waals surface area contributed by atoms with Gasteiger partial charge in [-0.25, -0.2) is 0 Å². The van der Waals surface area contributed by atoms with Gasteiger partial charge in [-0.15, -0.1) is 0 Å². The lowest BCUT2D eigenvalue weighted by molar-refractivity contribution is -0.129. The second-order valence-corrected chi connectivity index (χ2v) is 5.32. The van der Waals surface area contributed by atoms with E-state index >= 15 is 0 Å². The van der Waals surface area contributed by atoms with Crippen molar-refractivity contribution in [3.8, 4) is 0 Å². The molecule has 0 rings (SSSR count). The molecule has 0 unspecified atom stereocenters. The third-order valence-electron chi connectivity index (χ3n) is 2.08. The molecule has 19 heavy (non-hydrogen) atoms. The van der Waals surface area contributed by atoms with Gasteiger partial charge in [0.05, 0.1) is 13.2 Å². The molecule has 0 aliphatic carbocycles. The first-order chi connectivity index (χ1) is 9.41. The second kappa shape index (κ2) is 18.3. The Morgan fingerprint density at radius 1 is 0.579 bits per heavy atom. The Bertz CT molecular complexity index is 199. The molecule has 0 amide bonds. The highest BCUT2D eigenvalue weighted by molar-refractivity contribution is 9.09. The average molecular weight is 400 g/mol. The third kappa shape index (κ3) is 18.3. The number of ether oxygens (including phenoxy) is 3. The van der Waals surface area contributed by atoms with Crippen molar-refractivity contribution in [2.75, 3.05) is 37.5 Å². The fourth-order valence-corrected chi connectivity index (χ4v) is 1.70. The summed E-state index contributed by atoms with van der Waals surface area (Å²) in [5, 5.41) is 2.02. The Balaban J connectivity index is 3.02. The van der Waals surface area contributed by atoms with Gasteiger partial charge in [0.1, 0.15) is 13.6 Å². The minimum atomic E-state index is 0.297. The SMILES string of the molecule is BrCCC=CCCOCOCOCCC=CCCBr. The van der Waals surface area contributed by atoms with Crippen LogP contribution in [-0.2, 0) is 14.2 Å². The van der Waals surface area contributed by atoms with E-state index in [1.165, 1.54) is 0 Å². The summed E-state index contributed by atoms with van der Waals surface area (Å²) in [4.78, 5) is 0. The highest BCUT2D eigenvalue weighted by Gasteiger charge is 1.88. The van der Waals surface area contributed by atoms with Crippen molar-refractivity contribution in [3.05, 3.63) is 24.3 Å². The lowest BCUT2D eigenvalue weighted by atomic mass is 10.3. The Morgan fingerprint density at radius 2 is 1.00 bits per heavy atom. The minimum absolute atomic E-state index is 0.297. The van der Waals surface area contributed by atoms with Crippen molar-refractivity contribution in [3.63, 3.8) is 0 Å². The molecule has 0 fully saturated rings. The van der Waals surface area contributed by atoms with E-state index < -0.39 is 0 Å². The van der Waals surface area contributed by atoms with E-state index in [4.69, 9.17) is 14.2 Å². The van der Waals surface area contributed by atoms with Crippen molar-refractivity contribution in [1.29, 1.82) is 0 Å². The fourth-order valence-electron chi connectivity index (χ4n) is 1.17. The number of alkyl halides is 2. The zero-order valence-electron chi connectivity index (χ0n) is 11.4. The molecule has 0 aliphatic rings. The molecule has 3 nitrogen and oxygen atoms in total. The molecule has 0 spiro atoms. The van der Waals surface area contributed by atoms with Crippen LogP contribution in [0.5, 0.6) is 0 Å². The van der Waals surface area contributed by atoms with Crippen molar-refractivity contribution < 1.29 is 14.2 Å². The smallest absolute Gasteiger partial charge is 0.149 e. The third-order valence-corrected chi connectivity index (χ3v) is 2.99. The summed E-state index contributed by atoms with van der Waals surface area (Å²) < 4.78 is 15.8. The van der Waals surface area contributed by atoms with Crippen molar-refractivity contribution in [2.24, 2.45) is 0 Å². The molecule has 0 N–H and O–H groups in total. The van der Waals surface area contributed by atoms with E-state index in [9.17, 15) is 0 Å². The molecule has 112 valence electrons. The van der Waals surface area contributed by atoms with Crippen LogP contribution in [0.3, 0.4) is 0 Å². The molecular weight excluding hydrogens is 376 g/mol. The predicted molar refractivity (Wildman–Crippen MR) is 87.1 cm³/mol. The molecule has 0 bridgehead atoms. The number of hydrogen-bond acceptors (Lipinski definition) is 3. The normalized spacial score (nSPS) is 11.9. The van der Waals surface area contributed by atoms with Crippen LogP contribution < -0.4 is 0 Å². The van der Waals surface area contributed by atoms with Crippen molar-refractivity contribution in [2.45, 2.75) is 25.7 Å². The number of rotatable bonds is 14. The van der Waals surface area contributed by atoms with Gasteiger partial charge < -0.3 is 14.2 Å². The Hall–Kier alpha value is 0.320. The summed E-state index contributed by atoms with van der Waals surface area (Å²) in [6, 6.07) is 0. The van der Waals surface area contributed by atoms with E-state index in [0.717, 1.165) is 36.3 Å². The first-order valence-electron chi connectivity index (χ1n) is 6.57. The molecule has 0 aromatic carbocycles. The quantitative estimate of drug-likeness (QED) is 0.187. The maximum Gasteiger partial charge on any atom is 0.149 e. The standard InChI is InChI=1S/C14H24Br2O3/c15-9-5-1-3-7-11-17-13-19-14-18-12-8-4-2-6-10-16/h1-4H,5-14H2. The van der Waals surface area contributed by atoms with Crippen LogP contribution in [0.15, 0.2) is 24.3 Å². The molecule has 0 aliphatic heterocycles. The molecule has 0 saturated carbocycles. The van der Waals surface area contributed by atoms with E-state index in [0.29, 0.717) is 26.8 Å². The lowest BCUT2D eigenvalue weighted by Crippen LogP contribution is -2.05. The Labute approximate surface area is 133 Å². The van der Waals surface area contributed by atoms with Crippen LogP contribution in [-0.4, -0.2) is 37.5 Å². The van der Waals surface area contributed by atoms with Crippen molar-refractivity contribution >= 4 is 31.9 Å². The van der Waals surface area contributed by atoms with Gasteiger partial charge in [0, 0.05) is 10.7 Å². The summed E-state index contributed by atoms with van der Waals surface area (Å²) in [6.45, 7) is 1.97. The number of halogens is 2. The fraction of sp³-hybridized carbons (Fsp3) is 0.714. The van der Waals surface area contributed by atoms with Gasteiger partial charge in [-0.1, -0.05) is 56.2 Å². The number of hydrogen-bond donors (Lipinski definition) is 0. The van der Waals surface area contributed by atoms with Crippen LogP contribution in [0.25, 0.3) is 0 Å². The Kier molecular flexibility index (Phi) is 18.6. The van der Waals surface area contributed by atoms with E-state index in [1.807, 2.05) is 0 Å². The Morgan fingerprint density at radius 3 is 1.42 bits per heavy atom. The predicted octanol–water partition coefficient (Wildman–Crippen LogP) is 4.41. The summed E-state index contributed by atoms with van der Waals surface area (Å²) in [5.74, 6) is 0. The molecule has 0 radical (unpaired) electrons. The van der Waals surface area contributed by atoms with Gasteiger partial charge in [-0.2, -0.15) is 0 Å². The minimum Gasteiger partial charge on any atom is -0.355 e. The monoisotopic (exact) mass is 398 g/mol. The lowest BCUT2D eigenvalue weighted by Gasteiger charge is -2.05. The van der Waals surface area contributed by atoms with Crippen molar-refractivity contribution in [1.82, 2.24) is 0 Å². The maximum atomic E-state index is 5.29. The van der Waals surface area contributed by atoms with Crippen LogP contribution in [0.1, 0.15) is 25.7 Å². The average Bonchev–Trinajstić information content (AvgIpc) is 2.43. The van der Waals surface area contributed by atoms with Crippen LogP contribution >= 0.6 is 31.9 Å². The highest BCUT2D eigenvalue weighted by atomic mass is 79.9. The van der Waals surface area contributed by atoms with Gasteiger partial charge in [0.2, 0.25) is 0 Å². The molecule has 5 heteroatoms. The van der Waals surface area contributed by atoms with E-state index in [-0.39, 0.29) is 0 Å².